The quantitative estimate of drug-likeness (QED) is 0.910. The molecule has 1 aromatic carbocycles. The number of rotatable bonds is 4. The highest BCUT2D eigenvalue weighted by molar-refractivity contribution is 5.33. The molecule has 0 saturated carbocycles. The average molecular weight is 257 g/mol. The zero-order valence-electron chi connectivity index (χ0n) is 10.1. The van der Waals surface area contributed by atoms with Crippen LogP contribution in [0.15, 0.2) is 36.5 Å². The Labute approximate surface area is 110 Å². The Morgan fingerprint density at radius 3 is 2.79 bits per heavy atom. The van der Waals surface area contributed by atoms with Gasteiger partial charge in [0.2, 0.25) is 0 Å². The normalized spacial score (nSPS) is 9.95. The molecule has 0 bridgehead atoms. The molecule has 4 nitrogen and oxygen atoms in total. The van der Waals surface area contributed by atoms with E-state index in [0.717, 1.165) is 5.69 Å². The van der Waals surface area contributed by atoms with Gasteiger partial charge in [0.1, 0.15) is 18.2 Å². The average Bonchev–Trinajstić information content (AvgIpc) is 2.47. The van der Waals surface area contributed by atoms with Gasteiger partial charge in [0, 0.05) is 12.1 Å². The van der Waals surface area contributed by atoms with Crippen molar-refractivity contribution < 1.29 is 9.13 Å². The van der Waals surface area contributed by atoms with E-state index < -0.39 is 5.82 Å². The molecule has 0 atom stereocenters. The Morgan fingerprint density at radius 1 is 1.32 bits per heavy atom. The second-order valence-electron chi connectivity index (χ2n) is 3.90. The number of nitriles is 1. The van der Waals surface area contributed by atoms with Crippen molar-refractivity contribution in [3.63, 3.8) is 0 Å². The second-order valence-corrected chi connectivity index (χ2v) is 3.90. The van der Waals surface area contributed by atoms with E-state index >= 15 is 0 Å². The molecule has 2 N–H and O–H groups in total. The smallest absolute Gasteiger partial charge is 0.138 e. The van der Waals surface area contributed by atoms with E-state index in [0.29, 0.717) is 23.4 Å². The first kappa shape index (κ1) is 13.0. The van der Waals surface area contributed by atoms with E-state index in [9.17, 15) is 4.39 Å². The number of nitrogens with two attached hydrogens (primary N) is 1. The fraction of sp³-hybridized carbons (Fsp3) is 0.143. The van der Waals surface area contributed by atoms with Crippen LogP contribution in [0.3, 0.4) is 0 Å². The molecular weight excluding hydrogens is 245 g/mol. The molecule has 0 spiro atoms. The van der Waals surface area contributed by atoms with Crippen LogP contribution in [0.2, 0.25) is 0 Å². The van der Waals surface area contributed by atoms with Crippen LogP contribution < -0.4 is 10.5 Å². The van der Waals surface area contributed by atoms with E-state index in [1.165, 1.54) is 24.4 Å². The fourth-order valence-corrected chi connectivity index (χ4v) is 1.53. The van der Waals surface area contributed by atoms with Gasteiger partial charge in [0.05, 0.1) is 23.5 Å². The van der Waals surface area contributed by atoms with Crippen molar-refractivity contribution in [2.24, 2.45) is 5.73 Å². The van der Waals surface area contributed by atoms with Crippen molar-refractivity contribution in [1.29, 1.82) is 5.26 Å². The lowest BCUT2D eigenvalue weighted by molar-refractivity contribution is 0.298. The van der Waals surface area contributed by atoms with Crippen molar-refractivity contribution in [1.82, 2.24) is 4.98 Å². The van der Waals surface area contributed by atoms with Crippen LogP contribution >= 0.6 is 0 Å². The monoisotopic (exact) mass is 257 g/mol. The predicted molar refractivity (Wildman–Crippen MR) is 67.6 cm³/mol. The van der Waals surface area contributed by atoms with Crippen molar-refractivity contribution in [3.8, 4) is 11.8 Å². The third-order valence-electron chi connectivity index (χ3n) is 2.58. The molecule has 96 valence electrons. The number of nitrogens with zero attached hydrogens (tertiary/aromatic N) is 2. The van der Waals surface area contributed by atoms with Crippen LogP contribution in [0, 0.1) is 17.1 Å². The lowest BCUT2D eigenvalue weighted by atomic mass is 10.1. The number of hydrogen-bond acceptors (Lipinski definition) is 4. The van der Waals surface area contributed by atoms with E-state index in [1.54, 1.807) is 12.1 Å². The van der Waals surface area contributed by atoms with Gasteiger partial charge < -0.3 is 10.5 Å². The summed E-state index contributed by atoms with van der Waals surface area (Å²) in [5.74, 6) is 0.129. The molecule has 2 rings (SSSR count). The van der Waals surface area contributed by atoms with E-state index in [1.807, 2.05) is 6.07 Å². The van der Waals surface area contributed by atoms with Gasteiger partial charge in [-0.25, -0.2) is 4.39 Å². The van der Waals surface area contributed by atoms with E-state index in [2.05, 4.69) is 4.98 Å². The zero-order chi connectivity index (χ0) is 13.7. The topological polar surface area (TPSA) is 71.9 Å². The lowest BCUT2D eigenvalue weighted by Gasteiger charge is -2.07. The molecule has 0 amide bonds. The highest BCUT2D eigenvalue weighted by Gasteiger charge is 2.05. The Morgan fingerprint density at radius 2 is 2.16 bits per heavy atom. The second kappa shape index (κ2) is 5.94. The van der Waals surface area contributed by atoms with Crippen LogP contribution in [-0.4, -0.2) is 4.98 Å². The summed E-state index contributed by atoms with van der Waals surface area (Å²) in [6, 6.07) is 9.58. The maximum atomic E-state index is 13.5. The number of halogens is 1. The first-order chi connectivity index (χ1) is 9.22. The van der Waals surface area contributed by atoms with Gasteiger partial charge in [0.25, 0.3) is 0 Å². The Kier molecular flexibility index (Phi) is 4.06. The maximum absolute atomic E-state index is 13.5. The molecular formula is C14H12FN3O. The Bertz CT molecular complexity index is 605. The zero-order valence-corrected chi connectivity index (χ0v) is 10.1. The third-order valence-corrected chi connectivity index (χ3v) is 2.58. The number of aromatic nitrogens is 1. The van der Waals surface area contributed by atoms with Crippen molar-refractivity contribution in [2.75, 3.05) is 0 Å². The van der Waals surface area contributed by atoms with Crippen molar-refractivity contribution in [2.45, 2.75) is 13.2 Å². The summed E-state index contributed by atoms with van der Waals surface area (Å²) in [6.07, 6.45) is 1.54. The number of hydrogen-bond donors (Lipinski definition) is 1. The van der Waals surface area contributed by atoms with Gasteiger partial charge >= 0.3 is 0 Å². The Hall–Kier alpha value is -2.45. The third kappa shape index (κ3) is 3.27. The summed E-state index contributed by atoms with van der Waals surface area (Å²) in [7, 11) is 0. The summed E-state index contributed by atoms with van der Waals surface area (Å²) in [6.45, 7) is 0.407. The molecule has 1 aromatic heterocycles. The van der Waals surface area contributed by atoms with Crippen LogP contribution in [0.5, 0.6) is 5.75 Å². The minimum atomic E-state index is -0.398. The number of pyridine rings is 1. The van der Waals surface area contributed by atoms with Crippen LogP contribution in [0.4, 0.5) is 4.39 Å². The van der Waals surface area contributed by atoms with Crippen molar-refractivity contribution >= 4 is 0 Å². The molecule has 0 aliphatic carbocycles. The molecule has 1 heterocycles. The van der Waals surface area contributed by atoms with Crippen LogP contribution in [-0.2, 0) is 13.2 Å². The molecule has 19 heavy (non-hydrogen) atoms. The molecule has 0 aliphatic rings. The molecule has 0 aliphatic heterocycles. The molecule has 0 radical (unpaired) electrons. The summed E-state index contributed by atoms with van der Waals surface area (Å²) in [5.41, 5.74) is 6.92. The van der Waals surface area contributed by atoms with Gasteiger partial charge in [0.15, 0.2) is 0 Å². The van der Waals surface area contributed by atoms with Crippen LogP contribution in [0.1, 0.15) is 16.8 Å². The van der Waals surface area contributed by atoms with E-state index in [-0.39, 0.29) is 6.61 Å². The summed E-state index contributed by atoms with van der Waals surface area (Å²) in [4.78, 5) is 4.07. The minimum Gasteiger partial charge on any atom is -0.487 e. The standard InChI is InChI=1S/C14H12FN3O/c15-14-4-1-10(6-16)5-11(14)9-19-13-3-2-12(7-17)18-8-13/h1-5,8H,7,9,17H2. The van der Waals surface area contributed by atoms with E-state index in [4.69, 9.17) is 15.7 Å². The summed E-state index contributed by atoms with van der Waals surface area (Å²) < 4.78 is 18.9. The van der Waals surface area contributed by atoms with Crippen molar-refractivity contribution in [3.05, 3.63) is 59.2 Å². The Balaban J connectivity index is 2.07. The van der Waals surface area contributed by atoms with Crippen LogP contribution in [0.25, 0.3) is 0 Å². The van der Waals surface area contributed by atoms with Gasteiger partial charge in [-0.15, -0.1) is 0 Å². The predicted octanol–water partition coefficient (Wildman–Crippen LogP) is 2.13. The SMILES string of the molecule is N#Cc1ccc(F)c(COc2ccc(CN)nc2)c1. The van der Waals surface area contributed by atoms with Gasteiger partial charge in [-0.1, -0.05) is 0 Å². The first-order valence-corrected chi connectivity index (χ1v) is 5.69. The fourth-order valence-electron chi connectivity index (χ4n) is 1.53. The van der Waals surface area contributed by atoms with Gasteiger partial charge in [-0.05, 0) is 30.3 Å². The molecule has 2 aromatic rings. The minimum absolute atomic E-state index is 0.0466. The highest BCUT2D eigenvalue weighted by Crippen LogP contribution is 2.15. The first-order valence-electron chi connectivity index (χ1n) is 5.69. The highest BCUT2D eigenvalue weighted by atomic mass is 19.1. The molecule has 0 unspecified atom stereocenters. The van der Waals surface area contributed by atoms with Gasteiger partial charge in [-0.3, -0.25) is 4.98 Å². The van der Waals surface area contributed by atoms with Gasteiger partial charge in [-0.2, -0.15) is 5.26 Å². The molecule has 0 fully saturated rings. The maximum Gasteiger partial charge on any atom is 0.138 e. The summed E-state index contributed by atoms with van der Waals surface area (Å²) >= 11 is 0. The molecule has 0 saturated heterocycles. The number of benzene rings is 1. The number of ether oxygens (including phenoxy) is 1. The largest absolute Gasteiger partial charge is 0.487 e. The molecule has 5 heteroatoms. The lowest BCUT2D eigenvalue weighted by Crippen LogP contribution is -2.02. The summed E-state index contributed by atoms with van der Waals surface area (Å²) in [5, 5.41) is 8.76.